The van der Waals surface area contributed by atoms with Crippen LogP contribution < -0.4 is 0 Å². The number of hydrogen-bond acceptors (Lipinski definition) is 3. The fourth-order valence-corrected chi connectivity index (χ4v) is 3.77. The van der Waals surface area contributed by atoms with E-state index in [0.717, 1.165) is 52.0 Å². The van der Waals surface area contributed by atoms with Gasteiger partial charge >= 0.3 is 0 Å². The highest BCUT2D eigenvalue weighted by Gasteiger charge is 2.27. The Labute approximate surface area is 124 Å². The van der Waals surface area contributed by atoms with Crippen molar-refractivity contribution >= 4 is 17.2 Å². The van der Waals surface area contributed by atoms with Gasteiger partial charge in [0.15, 0.2) is 0 Å². The van der Waals surface area contributed by atoms with E-state index in [0.29, 0.717) is 5.91 Å². The smallest absolute Gasteiger partial charge is 0.226 e. The van der Waals surface area contributed by atoms with Gasteiger partial charge in [0.2, 0.25) is 5.91 Å². The fraction of sp³-hybridized carbons (Fsp3) is 0.562. The lowest BCUT2D eigenvalue weighted by atomic mass is 9.93. The van der Waals surface area contributed by atoms with Gasteiger partial charge in [0, 0.05) is 43.5 Å². The Morgan fingerprint density at radius 3 is 2.75 bits per heavy atom. The van der Waals surface area contributed by atoms with Gasteiger partial charge < -0.3 is 4.90 Å². The van der Waals surface area contributed by atoms with Crippen molar-refractivity contribution < 1.29 is 4.79 Å². The van der Waals surface area contributed by atoms with E-state index >= 15 is 0 Å². The van der Waals surface area contributed by atoms with Gasteiger partial charge in [-0.05, 0) is 30.7 Å². The van der Waals surface area contributed by atoms with Crippen LogP contribution in [0.25, 0.3) is 0 Å². The summed E-state index contributed by atoms with van der Waals surface area (Å²) in [6.07, 6.45) is 7.40. The molecule has 3 rings (SSSR count). The minimum Gasteiger partial charge on any atom is -0.340 e. The highest BCUT2D eigenvalue weighted by Crippen LogP contribution is 2.21. The van der Waals surface area contributed by atoms with Crippen molar-refractivity contribution in [3.63, 3.8) is 0 Å². The molecule has 0 radical (unpaired) electrons. The van der Waals surface area contributed by atoms with Crippen molar-refractivity contribution in [2.45, 2.75) is 25.8 Å². The predicted octanol–water partition coefficient (Wildman–Crippen LogP) is 2.75. The van der Waals surface area contributed by atoms with E-state index in [2.05, 4.69) is 39.5 Å². The number of rotatable bonds is 3. The third-order valence-electron chi connectivity index (χ3n) is 4.26. The standard InChI is InChI=1S/C16H22N2OS/c19-16(14-5-2-1-3-6-14)18-10-8-17(9-11-18)13-15-7-4-12-20-15/h1-2,4,7,12,14H,3,5-6,8-11,13H2. The molecule has 1 amide bonds. The van der Waals surface area contributed by atoms with Crippen molar-refractivity contribution in [3.05, 3.63) is 34.5 Å². The van der Waals surface area contributed by atoms with Crippen LogP contribution in [-0.4, -0.2) is 41.9 Å². The molecule has 0 aromatic carbocycles. The number of carbonyl (C=O) groups is 1. The zero-order chi connectivity index (χ0) is 13.8. The maximum absolute atomic E-state index is 12.5. The molecule has 0 bridgehead atoms. The SMILES string of the molecule is O=C(C1CC=CCC1)N1CCN(Cc2cccs2)CC1. The summed E-state index contributed by atoms with van der Waals surface area (Å²) in [6, 6.07) is 4.30. The molecule has 1 aromatic heterocycles. The summed E-state index contributed by atoms with van der Waals surface area (Å²) in [6.45, 7) is 4.83. The van der Waals surface area contributed by atoms with E-state index < -0.39 is 0 Å². The van der Waals surface area contributed by atoms with Crippen LogP contribution >= 0.6 is 11.3 Å². The second kappa shape index (κ2) is 6.55. The van der Waals surface area contributed by atoms with E-state index in [1.165, 1.54) is 4.88 Å². The summed E-state index contributed by atoms with van der Waals surface area (Å²) in [5.41, 5.74) is 0. The predicted molar refractivity (Wildman–Crippen MR) is 82.7 cm³/mol. The van der Waals surface area contributed by atoms with Crippen LogP contribution in [0.1, 0.15) is 24.1 Å². The molecule has 1 atom stereocenters. The zero-order valence-electron chi connectivity index (χ0n) is 11.8. The number of thiophene rings is 1. The molecule has 0 saturated carbocycles. The molecule has 2 aliphatic rings. The Bertz CT molecular complexity index is 461. The first kappa shape index (κ1) is 13.8. The van der Waals surface area contributed by atoms with E-state index in [-0.39, 0.29) is 5.92 Å². The number of allylic oxidation sites excluding steroid dienone is 2. The molecule has 1 fully saturated rings. The molecule has 20 heavy (non-hydrogen) atoms. The Hall–Kier alpha value is -1.13. The molecule has 1 saturated heterocycles. The molecule has 0 spiro atoms. The molecule has 1 unspecified atom stereocenters. The summed E-state index contributed by atoms with van der Waals surface area (Å²) < 4.78 is 0. The normalized spacial score (nSPS) is 24.0. The largest absolute Gasteiger partial charge is 0.340 e. The molecule has 2 heterocycles. The van der Waals surface area contributed by atoms with Gasteiger partial charge in [-0.3, -0.25) is 9.69 Å². The van der Waals surface area contributed by atoms with Crippen LogP contribution in [0.5, 0.6) is 0 Å². The van der Waals surface area contributed by atoms with Crippen molar-refractivity contribution in [3.8, 4) is 0 Å². The molecule has 4 heteroatoms. The quantitative estimate of drug-likeness (QED) is 0.799. The molecule has 3 nitrogen and oxygen atoms in total. The lowest BCUT2D eigenvalue weighted by Gasteiger charge is -2.36. The van der Waals surface area contributed by atoms with Crippen molar-refractivity contribution in [1.29, 1.82) is 0 Å². The van der Waals surface area contributed by atoms with E-state index in [9.17, 15) is 4.79 Å². The van der Waals surface area contributed by atoms with Gasteiger partial charge in [0.1, 0.15) is 0 Å². The van der Waals surface area contributed by atoms with Gasteiger partial charge in [0.25, 0.3) is 0 Å². The Balaban J connectivity index is 1.48. The summed E-state index contributed by atoms with van der Waals surface area (Å²) >= 11 is 1.82. The molecule has 1 aliphatic carbocycles. The molecule has 108 valence electrons. The molecular formula is C16H22N2OS. The van der Waals surface area contributed by atoms with E-state index in [1.807, 2.05) is 11.3 Å². The maximum Gasteiger partial charge on any atom is 0.226 e. The monoisotopic (exact) mass is 290 g/mol. The first-order valence-electron chi connectivity index (χ1n) is 7.51. The van der Waals surface area contributed by atoms with Crippen LogP contribution in [0.4, 0.5) is 0 Å². The van der Waals surface area contributed by atoms with Crippen LogP contribution in [0.15, 0.2) is 29.7 Å². The number of nitrogens with zero attached hydrogens (tertiary/aromatic N) is 2. The van der Waals surface area contributed by atoms with Crippen LogP contribution in [0.3, 0.4) is 0 Å². The Kier molecular flexibility index (Phi) is 4.53. The summed E-state index contributed by atoms with van der Waals surface area (Å²) in [4.78, 5) is 18.4. The maximum atomic E-state index is 12.5. The minimum absolute atomic E-state index is 0.240. The summed E-state index contributed by atoms with van der Waals surface area (Å²) in [5, 5.41) is 2.13. The van der Waals surface area contributed by atoms with Gasteiger partial charge in [0.05, 0.1) is 0 Å². The third-order valence-corrected chi connectivity index (χ3v) is 5.12. The highest BCUT2D eigenvalue weighted by molar-refractivity contribution is 7.09. The second-order valence-corrected chi connectivity index (χ2v) is 6.69. The minimum atomic E-state index is 0.240. The Morgan fingerprint density at radius 1 is 1.25 bits per heavy atom. The molecule has 1 aliphatic heterocycles. The lowest BCUT2D eigenvalue weighted by Crippen LogP contribution is -2.50. The summed E-state index contributed by atoms with van der Waals surface area (Å²) in [5.74, 6) is 0.619. The number of hydrogen-bond donors (Lipinski definition) is 0. The van der Waals surface area contributed by atoms with Gasteiger partial charge in [-0.2, -0.15) is 0 Å². The lowest BCUT2D eigenvalue weighted by molar-refractivity contribution is -0.137. The second-order valence-electron chi connectivity index (χ2n) is 5.66. The first-order valence-corrected chi connectivity index (χ1v) is 8.39. The van der Waals surface area contributed by atoms with E-state index in [4.69, 9.17) is 0 Å². The third kappa shape index (κ3) is 3.30. The molecule has 0 N–H and O–H groups in total. The van der Waals surface area contributed by atoms with Gasteiger partial charge in [-0.1, -0.05) is 18.2 Å². The van der Waals surface area contributed by atoms with Crippen LogP contribution in [0, 0.1) is 5.92 Å². The van der Waals surface area contributed by atoms with Crippen LogP contribution in [-0.2, 0) is 11.3 Å². The fourth-order valence-electron chi connectivity index (χ4n) is 3.03. The topological polar surface area (TPSA) is 23.6 Å². The molecule has 1 aromatic rings. The number of piperazine rings is 1. The van der Waals surface area contributed by atoms with Crippen molar-refractivity contribution in [2.24, 2.45) is 5.92 Å². The number of amides is 1. The number of carbonyl (C=O) groups excluding carboxylic acids is 1. The zero-order valence-corrected chi connectivity index (χ0v) is 12.6. The van der Waals surface area contributed by atoms with Gasteiger partial charge in [-0.15, -0.1) is 11.3 Å². The highest BCUT2D eigenvalue weighted by atomic mass is 32.1. The molecular weight excluding hydrogens is 268 g/mol. The summed E-state index contributed by atoms with van der Waals surface area (Å²) in [7, 11) is 0. The first-order chi connectivity index (χ1) is 9.83. The van der Waals surface area contributed by atoms with E-state index in [1.54, 1.807) is 0 Å². The average molecular weight is 290 g/mol. The van der Waals surface area contributed by atoms with Crippen LogP contribution in [0.2, 0.25) is 0 Å². The van der Waals surface area contributed by atoms with Crippen molar-refractivity contribution in [2.75, 3.05) is 26.2 Å². The van der Waals surface area contributed by atoms with Crippen molar-refractivity contribution in [1.82, 2.24) is 9.80 Å². The van der Waals surface area contributed by atoms with Gasteiger partial charge in [-0.25, -0.2) is 0 Å². The Morgan fingerprint density at radius 2 is 2.10 bits per heavy atom. The average Bonchev–Trinajstić information content (AvgIpc) is 3.01.